The smallest absolute Gasteiger partial charge is 0.253 e. The number of rotatable bonds is 8. The number of carbonyl (C=O) groups is 1. The number of nitrogens with one attached hydrogen (secondary N) is 2. The van der Waals surface area contributed by atoms with Gasteiger partial charge in [0, 0.05) is 56.9 Å². The van der Waals surface area contributed by atoms with E-state index in [1.54, 1.807) is 11.0 Å². The van der Waals surface area contributed by atoms with Crippen LogP contribution in [-0.2, 0) is 19.5 Å². The predicted octanol–water partition coefficient (Wildman–Crippen LogP) is 5.10. The summed E-state index contributed by atoms with van der Waals surface area (Å²) in [6.07, 6.45) is 3.38. The SMILES string of the molecule is C[C@H]1CN(Cc2cccc(-c3cc(CN(C)C(=O)c4cccc(CC5CCNCC5)c4)ccc3F)c2)CCN1. The van der Waals surface area contributed by atoms with Crippen molar-refractivity contribution in [1.29, 1.82) is 0 Å². The van der Waals surface area contributed by atoms with Crippen molar-refractivity contribution >= 4 is 5.91 Å². The van der Waals surface area contributed by atoms with Gasteiger partial charge in [0.15, 0.2) is 0 Å². The summed E-state index contributed by atoms with van der Waals surface area (Å²) in [5, 5.41) is 6.90. The molecule has 2 heterocycles. The molecule has 2 aliphatic rings. The molecule has 1 atom stereocenters. The molecule has 2 fully saturated rings. The van der Waals surface area contributed by atoms with Gasteiger partial charge in [0.2, 0.25) is 0 Å². The quantitative estimate of drug-likeness (QED) is 0.427. The normalized spacial score (nSPS) is 18.7. The first-order chi connectivity index (χ1) is 18.9. The lowest BCUT2D eigenvalue weighted by Crippen LogP contribution is -2.48. The van der Waals surface area contributed by atoms with Gasteiger partial charge in [-0.2, -0.15) is 0 Å². The number of piperidine rings is 1. The van der Waals surface area contributed by atoms with Gasteiger partial charge in [-0.25, -0.2) is 4.39 Å². The predicted molar refractivity (Wildman–Crippen MR) is 156 cm³/mol. The van der Waals surface area contributed by atoms with Crippen molar-refractivity contribution in [1.82, 2.24) is 20.4 Å². The van der Waals surface area contributed by atoms with Crippen LogP contribution in [0.4, 0.5) is 4.39 Å². The van der Waals surface area contributed by atoms with Crippen LogP contribution in [-0.4, -0.2) is 61.5 Å². The largest absolute Gasteiger partial charge is 0.337 e. The van der Waals surface area contributed by atoms with E-state index >= 15 is 0 Å². The molecule has 0 spiro atoms. The fourth-order valence-electron chi connectivity index (χ4n) is 5.96. The van der Waals surface area contributed by atoms with E-state index in [1.165, 1.54) is 30.0 Å². The second-order valence-electron chi connectivity index (χ2n) is 11.4. The molecule has 1 amide bonds. The van der Waals surface area contributed by atoms with Crippen molar-refractivity contribution in [2.24, 2.45) is 5.92 Å². The van der Waals surface area contributed by atoms with E-state index in [2.05, 4.69) is 40.7 Å². The van der Waals surface area contributed by atoms with E-state index in [9.17, 15) is 9.18 Å². The third-order valence-electron chi connectivity index (χ3n) is 8.05. The fourth-order valence-corrected chi connectivity index (χ4v) is 5.96. The summed E-state index contributed by atoms with van der Waals surface area (Å²) in [5.41, 5.74) is 5.47. The van der Waals surface area contributed by atoms with Gasteiger partial charge in [-0.3, -0.25) is 9.69 Å². The zero-order valence-corrected chi connectivity index (χ0v) is 23.3. The number of halogens is 1. The van der Waals surface area contributed by atoms with Crippen LogP contribution in [0.25, 0.3) is 11.1 Å². The highest BCUT2D eigenvalue weighted by atomic mass is 19.1. The van der Waals surface area contributed by atoms with Gasteiger partial charge < -0.3 is 15.5 Å². The first-order valence-corrected chi connectivity index (χ1v) is 14.3. The molecular formula is C33H41FN4O. The Bertz CT molecular complexity index is 1270. The molecule has 3 aromatic carbocycles. The van der Waals surface area contributed by atoms with Crippen LogP contribution in [0, 0.1) is 11.7 Å². The number of amides is 1. The summed E-state index contributed by atoms with van der Waals surface area (Å²) in [6, 6.07) is 21.9. The Morgan fingerprint density at radius 2 is 1.77 bits per heavy atom. The molecule has 0 aromatic heterocycles. The standard InChI is InChI=1S/C33H41FN4O/c1-24-21-38(16-15-36-24)23-27-6-4-7-29(19-27)31-20-28(9-10-32(31)34)22-37(2)33(39)30-8-3-5-26(18-30)17-25-11-13-35-14-12-25/h3-10,18-20,24-25,35-36H,11-17,21-23H2,1-2H3/t24-/m0/s1. The minimum absolute atomic E-state index is 0.0136. The number of hydrogen-bond donors (Lipinski definition) is 2. The highest BCUT2D eigenvalue weighted by Gasteiger charge is 2.18. The molecule has 2 N–H and O–H groups in total. The van der Waals surface area contributed by atoms with Gasteiger partial charge in [0.1, 0.15) is 5.82 Å². The van der Waals surface area contributed by atoms with Crippen LogP contribution in [0.2, 0.25) is 0 Å². The molecule has 0 bridgehead atoms. The number of hydrogen-bond acceptors (Lipinski definition) is 4. The van der Waals surface area contributed by atoms with Gasteiger partial charge in [0.25, 0.3) is 5.91 Å². The summed E-state index contributed by atoms with van der Waals surface area (Å²) < 4.78 is 15.0. The maximum atomic E-state index is 15.0. The average Bonchev–Trinajstić information content (AvgIpc) is 2.94. The van der Waals surface area contributed by atoms with Crippen LogP contribution in [0.5, 0.6) is 0 Å². The minimum atomic E-state index is -0.244. The van der Waals surface area contributed by atoms with Crippen molar-refractivity contribution in [2.45, 2.75) is 45.3 Å². The summed E-state index contributed by atoms with van der Waals surface area (Å²) in [5.74, 6) is 0.414. The van der Waals surface area contributed by atoms with Gasteiger partial charge in [-0.1, -0.05) is 36.4 Å². The van der Waals surface area contributed by atoms with E-state index in [0.717, 1.165) is 56.8 Å². The zero-order valence-electron chi connectivity index (χ0n) is 23.3. The average molecular weight is 529 g/mol. The molecule has 206 valence electrons. The Labute approximate surface area is 232 Å². The number of piperazine rings is 1. The van der Waals surface area contributed by atoms with Crippen LogP contribution in [0.1, 0.15) is 46.8 Å². The van der Waals surface area contributed by atoms with Gasteiger partial charge in [-0.05, 0) is 97.8 Å². The summed E-state index contributed by atoms with van der Waals surface area (Å²) >= 11 is 0. The maximum Gasteiger partial charge on any atom is 0.253 e. The third kappa shape index (κ3) is 7.33. The number of nitrogens with zero attached hydrogens (tertiary/aromatic N) is 2. The molecule has 0 radical (unpaired) electrons. The Hall–Kier alpha value is -3.06. The van der Waals surface area contributed by atoms with Gasteiger partial charge >= 0.3 is 0 Å². The molecule has 6 heteroatoms. The fraction of sp³-hybridized carbons (Fsp3) is 0.424. The first kappa shape index (κ1) is 27.5. The Kier molecular flexibility index (Phi) is 9.07. The van der Waals surface area contributed by atoms with E-state index in [1.807, 2.05) is 43.4 Å². The lowest BCUT2D eigenvalue weighted by molar-refractivity contribution is 0.0785. The lowest BCUT2D eigenvalue weighted by Gasteiger charge is -2.31. The van der Waals surface area contributed by atoms with E-state index in [-0.39, 0.29) is 11.7 Å². The molecule has 2 saturated heterocycles. The molecule has 3 aromatic rings. The Morgan fingerprint density at radius 1 is 0.974 bits per heavy atom. The molecule has 0 aliphatic carbocycles. The molecule has 0 saturated carbocycles. The highest BCUT2D eigenvalue weighted by molar-refractivity contribution is 5.94. The van der Waals surface area contributed by atoms with Crippen LogP contribution in [0.15, 0.2) is 66.7 Å². The van der Waals surface area contributed by atoms with Crippen molar-refractivity contribution in [3.05, 3.63) is 94.8 Å². The van der Waals surface area contributed by atoms with Gasteiger partial charge in [0.05, 0.1) is 0 Å². The Morgan fingerprint density at radius 3 is 2.59 bits per heavy atom. The monoisotopic (exact) mass is 528 g/mol. The molecule has 0 unspecified atom stereocenters. The number of benzene rings is 3. The maximum absolute atomic E-state index is 15.0. The first-order valence-electron chi connectivity index (χ1n) is 14.3. The summed E-state index contributed by atoms with van der Waals surface area (Å²) in [7, 11) is 1.82. The van der Waals surface area contributed by atoms with Crippen LogP contribution >= 0.6 is 0 Å². The second-order valence-corrected chi connectivity index (χ2v) is 11.4. The lowest BCUT2D eigenvalue weighted by atomic mass is 9.90. The molecule has 39 heavy (non-hydrogen) atoms. The topological polar surface area (TPSA) is 47.6 Å². The second kappa shape index (κ2) is 12.9. The molecule has 5 rings (SSSR count). The summed E-state index contributed by atoms with van der Waals surface area (Å²) in [4.78, 5) is 17.5. The van der Waals surface area contributed by atoms with Crippen molar-refractivity contribution in [3.8, 4) is 11.1 Å². The molecular weight excluding hydrogens is 487 g/mol. The van der Waals surface area contributed by atoms with Crippen LogP contribution in [0.3, 0.4) is 0 Å². The van der Waals surface area contributed by atoms with Crippen LogP contribution < -0.4 is 10.6 Å². The summed E-state index contributed by atoms with van der Waals surface area (Å²) in [6.45, 7) is 8.65. The zero-order chi connectivity index (χ0) is 27.2. The van der Waals surface area contributed by atoms with Crippen molar-refractivity contribution in [3.63, 3.8) is 0 Å². The van der Waals surface area contributed by atoms with Crippen molar-refractivity contribution < 1.29 is 9.18 Å². The molecule has 2 aliphatic heterocycles. The van der Waals surface area contributed by atoms with E-state index in [0.29, 0.717) is 29.6 Å². The minimum Gasteiger partial charge on any atom is -0.337 e. The van der Waals surface area contributed by atoms with E-state index in [4.69, 9.17) is 0 Å². The van der Waals surface area contributed by atoms with E-state index < -0.39 is 0 Å². The highest BCUT2D eigenvalue weighted by Crippen LogP contribution is 2.27. The Balaban J connectivity index is 1.26. The van der Waals surface area contributed by atoms with Crippen molar-refractivity contribution in [2.75, 3.05) is 39.8 Å². The number of carbonyl (C=O) groups excluding carboxylic acids is 1. The third-order valence-corrected chi connectivity index (χ3v) is 8.05. The molecule has 5 nitrogen and oxygen atoms in total. The van der Waals surface area contributed by atoms with Gasteiger partial charge in [-0.15, -0.1) is 0 Å².